The number of carbonyl (C=O) groups is 2. The molecule has 0 atom stereocenters. The lowest BCUT2D eigenvalue weighted by Gasteiger charge is -2.30. The van der Waals surface area contributed by atoms with Gasteiger partial charge in [-0.05, 0) is 48.9 Å². The van der Waals surface area contributed by atoms with Gasteiger partial charge in [0, 0.05) is 23.4 Å². The van der Waals surface area contributed by atoms with E-state index in [-0.39, 0.29) is 24.5 Å². The molecule has 4 nitrogen and oxygen atoms in total. The summed E-state index contributed by atoms with van der Waals surface area (Å²) in [6, 6.07) is 12.5. The van der Waals surface area contributed by atoms with E-state index < -0.39 is 0 Å². The van der Waals surface area contributed by atoms with Gasteiger partial charge in [0.25, 0.3) is 0 Å². The number of Topliss-reactive ketones (excluding diaryl/α,β-unsaturated/α-hetero) is 1. The van der Waals surface area contributed by atoms with Crippen molar-refractivity contribution >= 4 is 29.0 Å². The molecule has 0 unspecified atom stereocenters. The molecule has 1 amide bonds. The van der Waals surface area contributed by atoms with Crippen LogP contribution in [0.3, 0.4) is 0 Å². The molecule has 1 heterocycles. The normalized spacial score (nSPS) is 13.2. The standard InChI is InChI=1S/C19H18ClNO3/c1-13-2-8-18-16(12-13)21(10-11-24-18)19(23)9-7-17(22)14-3-5-15(20)6-4-14/h2-6,8,12H,7,9-11H2,1H3. The van der Waals surface area contributed by atoms with Gasteiger partial charge in [-0.3, -0.25) is 9.59 Å². The summed E-state index contributed by atoms with van der Waals surface area (Å²) in [7, 11) is 0. The molecule has 0 aliphatic carbocycles. The number of hydrogen-bond donors (Lipinski definition) is 0. The second-order valence-corrected chi connectivity index (χ2v) is 6.23. The van der Waals surface area contributed by atoms with E-state index in [4.69, 9.17) is 16.3 Å². The van der Waals surface area contributed by atoms with Gasteiger partial charge in [0.15, 0.2) is 5.78 Å². The average molecular weight is 344 g/mol. The number of carbonyl (C=O) groups excluding carboxylic acids is 2. The van der Waals surface area contributed by atoms with E-state index in [1.165, 1.54) is 0 Å². The van der Waals surface area contributed by atoms with Gasteiger partial charge in [-0.15, -0.1) is 0 Å². The predicted molar refractivity (Wildman–Crippen MR) is 94.0 cm³/mol. The summed E-state index contributed by atoms with van der Waals surface area (Å²) in [5.74, 6) is 0.592. The van der Waals surface area contributed by atoms with E-state index in [1.807, 2.05) is 25.1 Å². The molecule has 24 heavy (non-hydrogen) atoms. The molecule has 0 saturated heterocycles. The minimum Gasteiger partial charge on any atom is -0.490 e. The summed E-state index contributed by atoms with van der Waals surface area (Å²) >= 11 is 5.82. The van der Waals surface area contributed by atoms with Crippen molar-refractivity contribution in [1.82, 2.24) is 0 Å². The summed E-state index contributed by atoms with van der Waals surface area (Å²) in [4.78, 5) is 26.5. The molecule has 124 valence electrons. The zero-order valence-electron chi connectivity index (χ0n) is 13.4. The largest absolute Gasteiger partial charge is 0.490 e. The fraction of sp³-hybridized carbons (Fsp3) is 0.263. The molecule has 0 radical (unpaired) electrons. The zero-order valence-corrected chi connectivity index (χ0v) is 14.2. The molecule has 0 bridgehead atoms. The van der Waals surface area contributed by atoms with Crippen LogP contribution in [-0.2, 0) is 4.79 Å². The highest BCUT2D eigenvalue weighted by atomic mass is 35.5. The second-order valence-electron chi connectivity index (χ2n) is 5.80. The van der Waals surface area contributed by atoms with E-state index in [9.17, 15) is 9.59 Å². The van der Waals surface area contributed by atoms with Gasteiger partial charge >= 0.3 is 0 Å². The van der Waals surface area contributed by atoms with Gasteiger partial charge in [-0.1, -0.05) is 17.7 Å². The van der Waals surface area contributed by atoms with Crippen molar-refractivity contribution in [1.29, 1.82) is 0 Å². The highest BCUT2D eigenvalue weighted by Crippen LogP contribution is 2.32. The molecule has 0 fully saturated rings. The van der Waals surface area contributed by atoms with Gasteiger partial charge in [0.1, 0.15) is 12.4 Å². The van der Waals surface area contributed by atoms with E-state index in [1.54, 1.807) is 29.2 Å². The second kappa shape index (κ2) is 7.05. The molecule has 0 N–H and O–H groups in total. The van der Waals surface area contributed by atoms with Crippen LogP contribution in [0.4, 0.5) is 5.69 Å². The minimum atomic E-state index is -0.0625. The Morgan fingerprint density at radius 1 is 1.12 bits per heavy atom. The monoisotopic (exact) mass is 343 g/mol. The van der Waals surface area contributed by atoms with Crippen molar-refractivity contribution in [3.05, 3.63) is 58.6 Å². The van der Waals surface area contributed by atoms with Crippen molar-refractivity contribution in [2.24, 2.45) is 0 Å². The number of rotatable bonds is 4. The SMILES string of the molecule is Cc1ccc2c(c1)N(C(=O)CCC(=O)c1ccc(Cl)cc1)CCO2. The minimum absolute atomic E-state index is 0.0576. The first-order chi connectivity index (χ1) is 11.5. The number of aryl methyl sites for hydroxylation is 1. The molecule has 1 aliphatic heterocycles. The van der Waals surface area contributed by atoms with Crippen LogP contribution in [0.25, 0.3) is 0 Å². The molecule has 1 aliphatic rings. The summed E-state index contributed by atoms with van der Waals surface area (Å²) in [5.41, 5.74) is 2.42. The highest BCUT2D eigenvalue weighted by Gasteiger charge is 2.24. The number of halogens is 1. The first kappa shape index (κ1) is 16.5. The maximum Gasteiger partial charge on any atom is 0.227 e. The fourth-order valence-electron chi connectivity index (χ4n) is 2.72. The van der Waals surface area contributed by atoms with Crippen LogP contribution in [-0.4, -0.2) is 24.8 Å². The number of amides is 1. The highest BCUT2D eigenvalue weighted by molar-refractivity contribution is 6.30. The van der Waals surface area contributed by atoms with Crippen molar-refractivity contribution < 1.29 is 14.3 Å². The molecular weight excluding hydrogens is 326 g/mol. The van der Waals surface area contributed by atoms with Crippen LogP contribution in [0.5, 0.6) is 5.75 Å². The molecule has 5 heteroatoms. The van der Waals surface area contributed by atoms with Gasteiger partial charge in [-0.2, -0.15) is 0 Å². The van der Waals surface area contributed by atoms with Gasteiger partial charge < -0.3 is 9.64 Å². The van der Waals surface area contributed by atoms with Crippen LogP contribution in [0.2, 0.25) is 5.02 Å². The van der Waals surface area contributed by atoms with Crippen LogP contribution in [0.1, 0.15) is 28.8 Å². The lowest BCUT2D eigenvalue weighted by atomic mass is 10.1. The van der Waals surface area contributed by atoms with Gasteiger partial charge in [-0.25, -0.2) is 0 Å². The summed E-state index contributed by atoms with van der Waals surface area (Å²) in [6.07, 6.45) is 0.355. The smallest absolute Gasteiger partial charge is 0.227 e. The Morgan fingerprint density at radius 2 is 1.88 bits per heavy atom. The molecule has 2 aromatic rings. The Labute approximate surface area is 146 Å². The van der Waals surface area contributed by atoms with Gasteiger partial charge in [0.2, 0.25) is 5.91 Å². The maximum absolute atomic E-state index is 12.6. The van der Waals surface area contributed by atoms with Crippen LogP contribution in [0.15, 0.2) is 42.5 Å². The Morgan fingerprint density at radius 3 is 2.62 bits per heavy atom. The zero-order chi connectivity index (χ0) is 17.1. The maximum atomic E-state index is 12.6. The Balaban J connectivity index is 1.67. The molecular formula is C19H18ClNO3. The number of ketones is 1. The number of nitrogens with zero attached hydrogens (tertiary/aromatic N) is 1. The average Bonchev–Trinajstić information content (AvgIpc) is 2.59. The quantitative estimate of drug-likeness (QED) is 0.787. The Hall–Kier alpha value is -2.33. The lowest BCUT2D eigenvalue weighted by Crippen LogP contribution is -2.38. The number of benzene rings is 2. The molecule has 0 saturated carbocycles. The van der Waals surface area contributed by atoms with Crippen molar-refractivity contribution in [2.75, 3.05) is 18.1 Å². The number of ether oxygens (including phenoxy) is 1. The molecule has 0 spiro atoms. The predicted octanol–water partition coefficient (Wildman–Crippen LogP) is 4.04. The summed E-state index contributed by atoms with van der Waals surface area (Å²) in [6.45, 7) is 2.94. The third-order valence-electron chi connectivity index (χ3n) is 4.01. The Kier molecular flexibility index (Phi) is 4.86. The van der Waals surface area contributed by atoms with Crippen molar-refractivity contribution in [3.63, 3.8) is 0 Å². The number of fused-ring (bicyclic) bond motifs is 1. The fourth-order valence-corrected chi connectivity index (χ4v) is 2.85. The van der Waals surface area contributed by atoms with Crippen LogP contribution < -0.4 is 9.64 Å². The van der Waals surface area contributed by atoms with Gasteiger partial charge in [0.05, 0.1) is 12.2 Å². The topological polar surface area (TPSA) is 46.6 Å². The van der Waals surface area contributed by atoms with E-state index in [2.05, 4.69) is 0 Å². The molecule has 2 aromatic carbocycles. The van der Waals surface area contributed by atoms with Crippen LogP contribution >= 0.6 is 11.6 Å². The first-order valence-electron chi connectivity index (χ1n) is 7.87. The van der Waals surface area contributed by atoms with Crippen molar-refractivity contribution in [2.45, 2.75) is 19.8 Å². The molecule has 0 aromatic heterocycles. The lowest BCUT2D eigenvalue weighted by molar-refractivity contribution is -0.118. The number of hydrogen-bond acceptors (Lipinski definition) is 3. The summed E-state index contributed by atoms with van der Waals surface area (Å²) < 4.78 is 5.59. The third kappa shape index (κ3) is 3.60. The van der Waals surface area contributed by atoms with Crippen LogP contribution in [0, 0.1) is 6.92 Å². The van der Waals surface area contributed by atoms with E-state index >= 15 is 0 Å². The van der Waals surface area contributed by atoms with E-state index in [0.717, 1.165) is 11.3 Å². The number of anilines is 1. The third-order valence-corrected chi connectivity index (χ3v) is 4.26. The van der Waals surface area contributed by atoms with E-state index in [0.29, 0.717) is 29.5 Å². The Bertz CT molecular complexity index is 771. The first-order valence-corrected chi connectivity index (χ1v) is 8.25. The summed E-state index contributed by atoms with van der Waals surface area (Å²) in [5, 5.41) is 0.586. The molecule has 3 rings (SSSR count). The van der Waals surface area contributed by atoms with Crippen molar-refractivity contribution in [3.8, 4) is 5.75 Å².